The van der Waals surface area contributed by atoms with E-state index in [2.05, 4.69) is 34.5 Å². The van der Waals surface area contributed by atoms with E-state index < -0.39 is 6.04 Å². The molecule has 224 valence electrons. The Bertz CT molecular complexity index is 708. The van der Waals surface area contributed by atoms with Crippen LogP contribution in [0.4, 0.5) is 0 Å². The number of rotatable bonds is 26. The Morgan fingerprint density at radius 3 is 1.64 bits per heavy atom. The van der Waals surface area contributed by atoms with Crippen LogP contribution >= 0.6 is 0 Å². The first-order chi connectivity index (χ1) is 19.0. The molecule has 1 atom stereocenters. The molecule has 1 aromatic heterocycles. The Labute approximate surface area is 241 Å². The second-order valence-corrected chi connectivity index (χ2v) is 11.8. The van der Waals surface area contributed by atoms with Gasteiger partial charge in [0.25, 0.3) is 0 Å². The van der Waals surface area contributed by atoms with Crippen LogP contribution in [-0.2, 0) is 16.1 Å². The topological polar surface area (TPSA) is 62.1 Å². The lowest BCUT2D eigenvalue weighted by molar-refractivity contribution is -0.697. The zero-order valence-electron chi connectivity index (χ0n) is 25.9. The highest BCUT2D eigenvalue weighted by atomic mass is 16.2. The fourth-order valence-corrected chi connectivity index (χ4v) is 5.12. The highest BCUT2D eigenvalue weighted by Crippen LogP contribution is 2.13. The first-order valence-corrected chi connectivity index (χ1v) is 16.6. The molecule has 1 rings (SSSR count). The number of aryl methyl sites for hydroxylation is 1. The molecule has 5 nitrogen and oxygen atoms in total. The van der Waals surface area contributed by atoms with Crippen LogP contribution in [0.15, 0.2) is 30.6 Å². The third-order valence-corrected chi connectivity index (χ3v) is 7.69. The van der Waals surface area contributed by atoms with E-state index in [1.807, 2.05) is 32.0 Å². The lowest BCUT2D eigenvalue weighted by atomic mass is 10.0. The maximum absolute atomic E-state index is 12.7. The molecule has 5 heteroatoms. The fourth-order valence-electron chi connectivity index (χ4n) is 5.12. The van der Waals surface area contributed by atoms with Gasteiger partial charge in [-0.25, -0.2) is 4.57 Å². The van der Waals surface area contributed by atoms with Gasteiger partial charge in [-0.05, 0) is 25.2 Å². The molecule has 0 saturated carbocycles. The molecule has 39 heavy (non-hydrogen) atoms. The third-order valence-electron chi connectivity index (χ3n) is 7.69. The summed E-state index contributed by atoms with van der Waals surface area (Å²) in [6.45, 7) is 7.95. The van der Waals surface area contributed by atoms with Crippen LogP contribution in [0, 0.1) is 5.92 Å². The zero-order chi connectivity index (χ0) is 28.4. The highest BCUT2D eigenvalue weighted by molar-refractivity contribution is 5.87. The lowest BCUT2D eigenvalue weighted by Gasteiger charge is -2.21. The molecule has 0 unspecified atom stereocenters. The molecule has 0 radical (unpaired) electrons. The molecule has 1 heterocycles. The second kappa shape index (κ2) is 25.1. The summed E-state index contributed by atoms with van der Waals surface area (Å²) >= 11 is 0. The van der Waals surface area contributed by atoms with E-state index >= 15 is 0 Å². The van der Waals surface area contributed by atoms with Crippen LogP contribution in [0.3, 0.4) is 0 Å². The van der Waals surface area contributed by atoms with E-state index in [0.29, 0.717) is 13.0 Å². The molecule has 0 aliphatic heterocycles. The smallest absolute Gasteiger partial charge is 0.242 e. The monoisotopic (exact) mass is 544 g/mol. The fraction of sp³-hybridized carbons (Fsp3) is 0.794. The molecule has 0 saturated heterocycles. The number of unbranched alkanes of at least 4 members (excludes halogenated alkanes) is 17. The predicted octanol–water partition coefficient (Wildman–Crippen LogP) is 8.05. The molecule has 0 aliphatic carbocycles. The van der Waals surface area contributed by atoms with Crippen molar-refractivity contribution in [3.63, 3.8) is 0 Å². The summed E-state index contributed by atoms with van der Waals surface area (Å²) < 4.78 is 2.17. The summed E-state index contributed by atoms with van der Waals surface area (Å²) in [5, 5.41) is 6.03. The number of carbonyl (C=O) groups excluding carboxylic acids is 2. The van der Waals surface area contributed by atoms with Crippen LogP contribution in [0.5, 0.6) is 0 Å². The zero-order valence-corrected chi connectivity index (χ0v) is 25.9. The van der Waals surface area contributed by atoms with Crippen LogP contribution < -0.4 is 15.2 Å². The minimum absolute atomic E-state index is 0.0152. The van der Waals surface area contributed by atoms with E-state index in [9.17, 15) is 9.59 Å². The number of nitrogens with zero attached hydrogens (tertiary/aromatic N) is 1. The van der Waals surface area contributed by atoms with Crippen molar-refractivity contribution in [1.82, 2.24) is 10.6 Å². The van der Waals surface area contributed by atoms with Crippen LogP contribution in [0.1, 0.15) is 149 Å². The molecule has 2 N–H and O–H groups in total. The van der Waals surface area contributed by atoms with E-state index in [1.54, 1.807) is 0 Å². The molecule has 0 spiro atoms. The van der Waals surface area contributed by atoms with Crippen molar-refractivity contribution in [1.29, 1.82) is 0 Å². The van der Waals surface area contributed by atoms with Crippen molar-refractivity contribution in [2.24, 2.45) is 5.92 Å². The van der Waals surface area contributed by atoms with Gasteiger partial charge in [0.1, 0.15) is 12.6 Å². The number of carbonyl (C=O) groups is 2. The van der Waals surface area contributed by atoms with Gasteiger partial charge in [-0.1, -0.05) is 123 Å². The van der Waals surface area contributed by atoms with Crippen LogP contribution in [0.25, 0.3) is 0 Å². The minimum Gasteiger partial charge on any atom is -0.354 e. The summed E-state index contributed by atoms with van der Waals surface area (Å²) in [5.41, 5.74) is 0. The average molecular weight is 545 g/mol. The van der Waals surface area contributed by atoms with E-state index in [4.69, 9.17) is 0 Å². The van der Waals surface area contributed by atoms with Gasteiger partial charge in [0.2, 0.25) is 11.8 Å². The van der Waals surface area contributed by atoms with E-state index in [-0.39, 0.29) is 17.7 Å². The lowest BCUT2D eigenvalue weighted by Crippen LogP contribution is -2.49. The van der Waals surface area contributed by atoms with Crippen molar-refractivity contribution in [2.45, 2.75) is 162 Å². The molecule has 0 aliphatic rings. The van der Waals surface area contributed by atoms with Gasteiger partial charge < -0.3 is 10.6 Å². The molecule has 1 aromatic rings. The Hall–Kier alpha value is -1.91. The average Bonchev–Trinajstić information content (AvgIpc) is 2.93. The normalized spacial score (nSPS) is 12.0. The van der Waals surface area contributed by atoms with Gasteiger partial charge in [0, 0.05) is 31.5 Å². The second-order valence-electron chi connectivity index (χ2n) is 11.8. The van der Waals surface area contributed by atoms with Gasteiger partial charge in [-0.15, -0.1) is 0 Å². The summed E-state index contributed by atoms with van der Waals surface area (Å²) in [6.07, 6.45) is 29.1. The molecule has 0 bridgehead atoms. The van der Waals surface area contributed by atoms with Crippen molar-refractivity contribution >= 4 is 11.8 Å². The van der Waals surface area contributed by atoms with Crippen LogP contribution in [0.2, 0.25) is 0 Å². The standard InChI is InChI=1S/C34H61N3O2/c1-4-5-6-7-8-9-10-11-12-13-14-15-16-17-18-22-27-35-34(39)33(31(2)3)36-32(38)26-21-19-23-28-37-29-24-20-25-30-37/h20,24-25,29-31,33H,4-19,21-23,26-28H2,1-3H3,(H-,35,36,38,39)/p+1/t33-/m0/s1. The van der Waals surface area contributed by atoms with Crippen molar-refractivity contribution in [3.05, 3.63) is 30.6 Å². The van der Waals surface area contributed by atoms with Gasteiger partial charge in [0.15, 0.2) is 12.4 Å². The molecular weight excluding hydrogens is 482 g/mol. The first kappa shape index (κ1) is 35.1. The SMILES string of the molecule is CCCCCCCCCCCCCCCCCCNC(=O)[C@@H](NC(=O)CCCCC[n+]1ccccc1)C(C)C. The van der Waals surface area contributed by atoms with Crippen molar-refractivity contribution in [2.75, 3.05) is 6.54 Å². The number of nitrogens with one attached hydrogen (secondary N) is 2. The number of amides is 2. The molecule has 0 fully saturated rings. The van der Waals surface area contributed by atoms with E-state index in [0.717, 1.165) is 38.6 Å². The first-order valence-electron chi connectivity index (χ1n) is 16.6. The molecule has 0 aromatic carbocycles. The number of hydrogen-bond acceptors (Lipinski definition) is 2. The largest absolute Gasteiger partial charge is 0.354 e. The summed E-state index contributed by atoms with van der Waals surface area (Å²) in [5.74, 6) is 0.0210. The summed E-state index contributed by atoms with van der Waals surface area (Å²) in [7, 11) is 0. The van der Waals surface area contributed by atoms with Crippen molar-refractivity contribution in [3.8, 4) is 0 Å². The van der Waals surface area contributed by atoms with Gasteiger partial charge in [-0.2, -0.15) is 0 Å². The number of pyridine rings is 1. The third kappa shape index (κ3) is 20.6. The summed E-state index contributed by atoms with van der Waals surface area (Å²) in [4.78, 5) is 25.1. The Morgan fingerprint density at radius 1 is 0.641 bits per heavy atom. The maximum Gasteiger partial charge on any atom is 0.242 e. The Balaban J connectivity index is 1.97. The molecule has 2 amide bonds. The van der Waals surface area contributed by atoms with Crippen molar-refractivity contribution < 1.29 is 14.2 Å². The quantitative estimate of drug-likeness (QED) is 0.0915. The molecular formula is C34H62N3O2+. The van der Waals surface area contributed by atoms with Gasteiger partial charge in [0.05, 0.1) is 0 Å². The summed E-state index contributed by atoms with van der Waals surface area (Å²) in [6, 6.07) is 5.64. The van der Waals surface area contributed by atoms with Gasteiger partial charge >= 0.3 is 0 Å². The minimum atomic E-state index is -0.446. The predicted molar refractivity (Wildman–Crippen MR) is 164 cm³/mol. The highest BCUT2D eigenvalue weighted by Gasteiger charge is 2.23. The number of hydrogen-bond donors (Lipinski definition) is 2. The van der Waals surface area contributed by atoms with Crippen LogP contribution in [-0.4, -0.2) is 24.4 Å². The number of aromatic nitrogens is 1. The van der Waals surface area contributed by atoms with Gasteiger partial charge in [-0.3, -0.25) is 9.59 Å². The van der Waals surface area contributed by atoms with E-state index in [1.165, 1.54) is 89.9 Å². The maximum atomic E-state index is 12.7. The Kier molecular flexibility index (Phi) is 22.6. The Morgan fingerprint density at radius 2 is 1.13 bits per heavy atom.